The Morgan fingerprint density at radius 2 is 1.89 bits per heavy atom. The molecule has 0 spiro atoms. The summed E-state index contributed by atoms with van der Waals surface area (Å²) in [6.45, 7) is 4.79. The van der Waals surface area contributed by atoms with Gasteiger partial charge < -0.3 is 30.2 Å². The highest BCUT2D eigenvalue weighted by atomic mass is 35.5. The minimum Gasteiger partial charge on any atom is -0.485 e. The van der Waals surface area contributed by atoms with Crippen LogP contribution in [0.3, 0.4) is 0 Å². The largest absolute Gasteiger partial charge is 0.485 e. The second-order valence-corrected chi connectivity index (χ2v) is 8.98. The topological polar surface area (TPSA) is 123 Å². The van der Waals surface area contributed by atoms with Gasteiger partial charge in [0.1, 0.15) is 6.61 Å². The highest BCUT2D eigenvalue weighted by Gasteiger charge is 2.40. The van der Waals surface area contributed by atoms with E-state index in [2.05, 4.69) is 9.97 Å². The number of pyridine rings is 2. The Labute approximate surface area is 210 Å². The minimum absolute atomic E-state index is 0.269. The summed E-state index contributed by atoms with van der Waals surface area (Å²) >= 11 is 6.81. The average molecular weight is 501 g/mol. The Hall–Kier alpha value is -3.11. The number of benzene rings is 1. The van der Waals surface area contributed by atoms with Crippen LogP contribution in [0.2, 0.25) is 5.02 Å². The van der Waals surface area contributed by atoms with Gasteiger partial charge in [0.15, 0.2) is 5.60 Å². The number of aromatic nitrogens is 2. The third-order valence-corrected chi connectivity index (χ3v) is 6.14. The number of rotatable bonds is 9. The molecule has 0 amide bonds. The number of aryl methyl sites for hydroxylation is 2. The predicted octanol–water partition coefficient (Wildman–Crippen LogP) is 2.69. The van der Waals surface area contributed by atoms with Crippen molar-refractivity contribution in [1.82, 2.24) is 19.9 Å². The second kappa shape index (κ2) is 10.7. The zero-order chi connectivity index (χ0) is 25.9. The van der Waals surface area contributed by atoms with E-state index in [0.717, 1.165) is 5.69 Å². The molecule has 9 nitrogen and oxygen atoms in total. The summed E-state index contributed by atoms with van der Waals surface area (Å²) in [4.78, 5) is 11.1. The Morgan fingerprint density at radius 3 is 2.46 bits per heavy atom. The number of halogens is 1. The standard InChI is InChI=1S/C25H33ClN6O3/c1-15-7-9-19(16(2)29-15)25(33,21(14-27)32(5)28)17-8-10-20-18(13-17)22(26)23(24(30-20)34-6)35-12-11-31(3)4/h7-10,13-14,33H,11-12,27-28H2,1-6H3/b21-14-. The molecule has 3 rings (SSSR count). The molecule has 188 valence electrons. The molecule has 0 bridgehead atoms. The van der Waals surface area contributed by atoms with E-state index in [-0.39, 0.29) is 11.6 Å². The molecular weight excluding hydrogens is 468 g/mol. The van der Waals surface area contributed by atoms with Crippen molar-refractivity contribution < 1.29 is 14.6 Å². The van der Waals surface area contributed by atoms with E-state index in [1.807, 2.05) is 45.0 Å². The molecule has 0 aliphatic rings. The lowest BCUT2D eigenvalue weighted by Crippen LogP contribution is -2.42. The Kier molecular flexibility index (Phi) is 8.07. The van der Waals surface area contributed by atoms with E-state index in [9.17, 15) is 5.11 Å². The van der Waals surface area contributed by atoms with Crippen molar-refractivity contribution in [1.29, 1.82) is 0 Å². The number of aliphatic hydroxyl groups is 1. The molecule has 35 heavy (non-hydrogen) atoms. The third-order valence-electron chi connectivity index (χ3n) is 5.77. The van der Waals surface area contributed by atoms with Gasteiger partial charge in [-0.1, -0.05) is 23.7 Å². The van der Waals surface area contributed by atoms with Gasteiger partial charge >= 0.3 is 0 Å². The van der Waals surface area contributed by atoms with Gasteiger partial charge in [0.25, 0.3) is 5.88 Å². The lowest BCUT2D eigenvalue weighted by atomic mass is 9.82. The van der Waals surface area contributed by atoms with Crippen LogP contribution in [0, 0.1) is 13.8 Å². The van der Waals surface area contributed by atoms with Gasteiger partial charge in [-0.25, -0.2) is 10.8 Å². The van der Waals surface area contributed by atoms with E-state index in [0.29, 0.717) is 51.6 Å². The molecule has 0 aliphatic heterocycles. The SMILES string of the molecule is COc1nc2ccc(C(O)(/C(=C/N)N(C)N)c3ccc(C)nc3C)cc2c(Cl)c1OCCN(C)C. The molecule has 1 atom stereocenters. The van der Waals surface area contributed by atoms with Crippen LogP contribution in [0.5, 0.6) is 11.6 Å². The summed E-state index contributed by atoms with van der Waals surface area (Å²) in [5, 5.41) is 14.4. The normalized spacial score (nSPS) is 13.7. The van der Waals surface area contributed by atoms with Crippen LogP contribution in [0.25, 0.3) is 10.9 Å². The zero-order valence-electron chi connectivity index (χ0n) is 21.0. The van der Waals surface area contributed by atoms with Gasteiger partial charge in [0, 0.05) is 42.1 Å². The van der Waals surface area contributed by atoms with E-state index in [1.54, 1.807) is 25.2 Å². The van der Waals surface area contributed by atoms with Crippen molar-refractivity contribution in [3.63, 3.8) is 0 Å². The summed E-state index contributed by atoms with van der Waals surface area (Å²) in [5.74, 6) is 6.72. The van der Waals surface area contributed by atoms with Crippen molar-refractivity contribution in [2.75, 3.05) is 41.4 Å². The predicted molar refractivity (Wildman–Crippen MR) is 138 cm³/mol. The van der Waals surface area contributed by atoms with E-state index < -0.39 is 5.60 Å². The number of hydrogen-bond acceptors (Lipinski definition) is 9. The van der Waals surface area contributed by atoms with Crippen LogP contribution in [0.15, 0.2) is 42.2 Å². The molecular formula is C25H33ClN6O3. The lowest BCUT2D eigenvalue weighted by Gasteiger charge is -2.36. The number of nitrogens with zero attached hydrogens (tertiary/aromatic N) is 4. The first kappa shape index (κ1) is 26.5. The lowest BCUT2D eigenvalue weighted by molar-refractivity contribution is 0.0870. The van der Waals surface area contributed by atoms with Gasteiger partial charge in [-0.2, -0.15) is 0 Å². The summed E-state index contributed by atoms with van der Waals surface area (Å²) in [5.41, 5.74) is 7.58. The molecule has 0 aliphatic carbocycles. The van der Waals surface area contributed by atoms with Crippen LogP contribution >= 0.6 is 11.6 Å². The molecule has 0 saturated heterocycles. The molecule has 3 aromatic rings. The fourth-order valence-electron chi connectivity index (χ4n) is 4.01. The van der Waals surface area contributed by atoms with Crippen molar-refractivity contribution >= 4 is 22.5 Å². The maximum atomic E-state index is 12.2. The molecule has 0 fully saturated rings. The van der Waals surface area contributed by atoms with Crippen LogP contribution in [0.4, 0.5) is 0 Å². The minimum atomic E-state index is -1.72. The number of fused-ring (bicyclic) bond motifs is 1. The second-order valence-electron chi connectivity index (χ2n) is 8.61. The number of ether oxygens (including phenoxy) is 2. The number of methoxy groups -OCH3 is 1. The fourth-order valence-corrected chi connectivity index (χ4v) is 4.29. The molecule has 1 aromatic carbocycles. The molecule has 10 heteroatoms. The molecule has 5 N–H and O–H groups in total. The smallest absolute Gasteiger partial charge is 0.258 e. The Bertz CT molecular complexity index is 1250. The molecule has 0 radical (unpaired) electrons. The van der Waals surface area contributed by atoms with Crippen molar-refractivity contribution in [3.8, 4) is 11.6 Å². The van der Waals surface area contributed by atoms with Gasteiger partial charge in [-0.05, 0) is 51.7 Å². The summed E-state index contributed by atoms with van der Waals surface area (Å²) in [7, 11) is 7.02. The number of likely N-dealkylation sites (N-methyl/N-ethyl adjacent to an activating group) is 2. The van der Waals surface area contributed by atoms with Crippen LogP contribution in [-0.4, -0.2) is 66.4 Å². The first-order valence-electron chi connectivity index (χ1n) is 11.1. The number of hydrazine groups is 1. The van der Waals surface area contributed by atoms with Gasteiger partial charge in [-0.3, -0.25) is 4.98 Å². The quantitative estimate of drug-likeness (QED) is 0.300. The maximum absolute atomic E-state index is 12.2. The van der Waals surface area contributed by atoms with Crippen molar-refractivity contribution in [2.45, 2.75) is 19.4 Å². The third kappa shape index (κ3) is 5.13. The monoisotopic (exact) mass is 500 g/mol. The van der Waals surface area contributed by atoms with Crippen molar-refractivity contribution in [2.24, 2.45) is 11.6 Å². The molecule has 0 saturated carbocycles. The van der Waals surface area contributed by atoms with E-state index in [4.69, 9.17) is 32.7 Å². The number of nitrogens with two attached hydrogens (primary N) is 2. The summed E-state index contributed by atoms with van der Waals surface area (Å²) in [6, 6.07) is 8.92. The van der Waals surface area contributed by atoms with Crippen LogP contribution in [-0.2, 0) is 5.60 Å². The summed E-state index contributed by atoms with van der Waals surface area (Å²) < 4.78 is 11.4. The van der Waals surface area contributed by atoms with Gasteiger partial charge in [0.05, 0.1) is 23.3 Å². The molecule has 2 aromatic heterocycles. The van der Waals surface area contributed by atoms with Crippen LogP contribution in [0.1, 0.15) is 22.5 Å². The fraction of sp³-hybridized carbons (Fsp3) is 0.360. The highest BCUT2D eigenvalue weighted by molar-refractivity contribution is 6.37. The first-order chi connectivity index (χ1) is 16.5. The zero-order valence-corrected chi connectivity index (χ0v) is 21.7. The highest BCUT2D eigenvalue weighted by Crippen LogP contribution is 2.43. The van der Waals surface area contributed by atoms with E-state index >= 15 is 0 Å². The maximum Gasteiger partial charge on any atom is 0.258 e. The summed E-state index contributed by atoms with van der Waals surface area (Å²) in [6.07, 6.45) is 1.28. The Morgan fingerprint density at radius 1 is 1.17 bits per heavy atom. The van der Waals surface area contributed by atoms with Gasteiger partial charge in [-0.15, -0.1) is 0 Å². The van der Waals surface area contributed by atoms with Crippen molar-refractivity contribution in [3.05, 3.63) is 69.8 Å². The molecule has 2 heterocycles. The Balaban J connectivity index is 2.27. The first-order valence-corrected chi connectivity index (χ1v) is 11.5. The van der Waals surface area contributed by atoms with E-state index in [1.165, 1.54) is 18.3 Å². The average Bonchev–Trinajstić information content (AvgIpc) is 2.79. The number of hydrogen-bond donors (Lipinski definition) is 3. The van der Waals surface area contributed by atoms with Crippen LogP contribution < -0.4 is 21.1 Å². The molecule has 1 unspecified atom stereocenters. The van der Waals surface area contributed by atoms with Gasteiger partial charge in [0.2, 0.25) is 5.75 Å².